The Hall–Kier alpha value is -3.17. The molecule has 3 nitrogen and oxygen atoms in total. The number of esters is 1. The largest absolute Gasteiger partial charge is 0.462 e. The van der Waals surface area contributed by atoms with Crippen LogP contribution in [0.4, 0.5) is 0 Å². The molecule has 3 aromatic carbocycles. The van der Waals surface area contributed by atoms with Gasteiger partial charge in [-0.05, 0) is 82.5 Å². The first-order valence-corrected chi connectivity index (χ1v) is 13.9. The molecule has 37 heavy (non-hydrogen) atoms. The Morgan fingerprint density at radius 1 is 0.919 bits per heavy atom. The van der Waals surface area contributed by atoms with Crippen molar-refractivity contribution in [3.05, 3.63) is 95.6 Å². The van der Waals surface area contributed by atoms with E-state index in [0.717, 1.165) is 36.3 Å². The fourth-order valence-corrected chi connectivity index (χ4v) is 5.60. The van der Waals surface area contributed by atoms with Gasteiger partial charge in [-0.2, -0.15) is 0 Å². The summed E-state index contributed by atoms with van der Waals surface area (Å²) in [5.41, 5.74) is 10.1. The summed E-state index contributed by atoms with van der Waals surface area (Å²) in [6.07, 6.45) is 11.1. The molecule has 0 aliphatic heterocycles. The molecule has 1 saturated carbocycles. The van der Waals surface area contributed by atoms with Crippen LogP contribution in [0.25, 0.3) is 22.3 Å². The first-order valence-electron chi connectivity index (χ1n) is 13.9. The third-order valence-electron chi connectivity index (χ3n) is 7.67. The van der Waals surface area contributed by atoms with Gasteiger partial charge in [0.25, 0.3) is 0 Å². The second-order valence-corrected chi connectivity index (χ2v) is 10.1. The second kappa shape index (κ2) is 13.4. The Morgan fingerprint density at radius 3 is 2.32 bits per heavy atom. The van der Waals surface area contributed by atoms with E-state index < -0.39 is 5.97 Å². The number of hydrogen-bond donors (Lipinski definition) is 1. The highest BCUT2D eigenvalue weighted by atomic mass is 16.5. The molecular formula is C34H40O3. The average Bonchev–Trinajstić information content (AvgIpc) is 2.96. The third-order valence-corrected chi connectivity index (χ3v) is 7.67. The Balaban J connectivity index is 1.60. The van der Waals surface area contributed by atoms with E-state index in [1.54, 1.807) is 0 Å². The summed E-state index contributed by atoms with van der Waals surface area (Å²) in [5.74, 6) is 0.324. The molecule has 0 heterocycles. The number of rotatable bonds is 11. The summed E-state index contributed by atoms with van der Waals surface area (Å²) in [6.45, 7) is 6.19. The van der Waals surface area contributed by atoms with Gasteiger partial charge in [-0.1, -0.05) is 93.4 Å². The van der Waals surface area contributed by atoms with E-state index in [2.05, 4.69) is 74.2 Å². The van der Waals surface area contributed by atoms with Gasteiger partial charge in [0.1, 0.15) is 0 Å². The Kier molecular flexibility index (Phi) is 9.73. The normalized spacial score (nSPS) is 13.9. The quantitative estimate of drug-likeness (QED) is 0.217. The lowest BCUT2D eigenvalue weighted by molar-refractivity contribution is -0.137. The number of carbonyl (C=O) groups is 1. The van der Waals surface area contributed by atoms with Gasteiger partial charge in [-0.3, -0.25) is 0 Å². The smallest absolute Gasteiger partial charge is 0.330 e. The van der Waals surface area contributed by atoms with Crippen LogP contribution in [-0.4, -0.2) is 24.3 Å². The third kappa shape index (κ3) is 6.99. The van der Waals surface area contributed by atoms with E-state index in [0.29, 0.717) is 13.0 Å². The van der Waals surface area contributed by atoms with Gasteiger partial charge in [-0.15, -0.1) is 0 Å². The molecule has 3 heteroatoms. The number of aliphatic hydroxyl groups excluding tert-OH is 1. The highest BCUT2D eigenvalue weighted by Gasteiger charge is 2.16. The van der Waals surface area contributed by atoms with Crippen LogP contribution in [0.15, 0.2) is 73.3 Å². The maximum absolute atomic E-state index is 11.6. The van der Waals surface area contributed by atoms with E-state index in [1.807, 2.05) is 0 Å². The molecule has 1 aliphatic rings. The average molecular weight is 497 g/mol. The van der Waals surface area contributed by atoms with Crippen molar-refractivity contribution in [1.29, 1.82) is 0 Å². The summed E-state index contributed by atoms with van der Waals surface area (Å²) in [5, 5.41) is 9.25. The maximum Gasteiger partial charge on any atom is 0.330 e. The fraction of sp³-hybridized carbons (Fsp3) is 0.382. The van der Waals surface area contributed by atoms with Crippen LogP contribution in [0.1, 0.15) is 73.6 Å². The lowest BCUT2D eigenvalue weighted by Crippen LogP contribution is -2.06. The van der Waals surface area contributed by atoms with E-state index in [1.165, 1.54) is 71.6 Å². The first kappa shape index (κ1) is 26.9. The number of aliphatic hydroxyl groups is 1. The summed E-state index contributed by atoms with van der Waals surface area (Å²) in [6, 6.07) is 22.6. The molecule has 0 spiro atoms. The highest BCUT2D eigenvalue weighted by Crippen LogP contribution is 2.35. The molecule has 0 saturated heterocycles. The van der Waals surface area contributed by atoms with Gasteiger partial charge in [0.05, 0.1) is 6.61 Å². The molecule has 0 radical (unpaired) electrons. The summed E-state index contributed by atoms with van der Waals surface area (Å²) in [4.78, 5) is 11.6. The minimum Gasteiger partial charge on any atom is -0.462 e. The lowest BCUT2D eigenvalue weighted by Gasteiger charge is -2.22. The molecule has 4 rings (SSSR count). The molecule has 1 N–H and O–H groups in total. The molecule has 0 unspecified atom stereocenters. The predicted octanol–water partition coefficient (Wildman–Crippen LogP) is 7.83. The van der Waals surface area contributed by atoms with Gasteiger partial charge in [0.15, 0.2) is 0 Å². The van der Waals surface area contributed by atoms with Crippen LogP contribution < -0.4 is 0 Å². The first-order chi connectivity index (χ1) is 18.1. The van der Waals surface area contributed by atoms with Crippen LogP contribution in [0.3, 0.4) is 0 Å². The Bertz CT molecular complexity index is 1190. The van der Waals surface area contributed by atoms with Crippen molar-refractivity contribution in [2.75, 3.05) is 13.2 Å². The van der Waals surface area contributed by atoms with Crippen LogP contribution in [-0.2, 0) is 28.8 Å². The van der Waals surface area contributed by atoms with E-state index >= 15 is 0 Å². The fourth-order valence-electron chi connectivity index (χ4n) is 5.60. The van der Waals surface area contributed by atoms with Gasteiger partial charge < -0.3 is 9.84 Å². The van der Waals surface area contributed by atoms with Crippen molar-refractivity contribution in [3.63, 3.8) is 0 Å². The molecular weight excluding hydrogens is 456 g/mol. The molecule has 0 atom stereocenters. The SMILES string of the molecule is C=CC(=O)OCCc1cc(CCCO)ccc1-c1ccc(-c2ccc(C3CCCCC3)cc2)c(CC)c1. The van der Waals surface area contributed by atoms with Crippen molar-refractivity contribution in [3.8, 4) is 22.3 Å². The van der Waals surface area contributed by atoms with Crippen molar-refractivity contribution in [1.82, 2.24) is 0 Å². The van der Waals surface area contributed by atoms with Crippen LogP contribution >= 0.6 is 0 Å². The van der Waals surface area contributed by atoms with Crippen LogP contribution in [0, 0.1) is 0 Å². The van der Waals surface area contributed by atoms with E-state index in [9.17, 15) is 9.90 Å². The van der Waals surface area contributed by atoms with Crippen molar-refractivity contribution in [2.45, 2.75) is 70.6 Å². The van der Waals surface area contributed by atoms with Crippen LogP contribution in [0.2, 0.25) is 0 Å². The number of ether oxygens (including phenoxy) is 1. The molecule has 1 fully saturated rings. The Morgan fingerprint density at radius 2 is 1.62 bits per heavy atom. The minimum atomic E-state index is -0.398. The number of hydrogen-bond acceptors (Lipinski definition) is 3. The summed E-state index contributed by atoms with van der Waals surface area (Å²) < 4.78 is 5.29. The number of aryl methyl sites for hydroxylation is 2. The molecule has 0 bridgehead atoms. The van der Waals surface area contributed by atoms with E-state index in [4.69, 9.17) is 4.74 Å². The van der Waals surface area contributed by atoms with Gasteiger partial charge >= 0.3 is 5.97 Å². The number of benzene rings is 3. The molecule has 0 aromatic heterocycles. The Labute approximate surface area is 222 Å². The molecule has 194 valence electrons. The monoisotopic (exact) mass is 496 g/mol. The molecule has 3 aromatic rings. The van der Waals surface area contributed by atoms with Crippen molar-refractivity contribution >= 4 is 5.97 Å². The van der Waals surface area contributed by atoms with Crippen LogP contribution in [0.5, 0.6) is 0 Å². The summed E-state index contributed by atoms with van der Waals surface area (Å²) >= 11 is 0. The molecule has 1 aliphatic carbocycles. The van der Waals surface area contributed by atoms with Gasteiger partial charge in [0, 0.05) is 19.1 Å². The lowest BCUT2D eigenvalue weighted by atomic mass is 9.83. The zero-order chi connectivity index (χ0) is 26.0. The second-order valence-electron chi connectivity index (χ2n) is 10.1. The summed E-state index contributed by atoms with van der Waals surface area (Å²) in [7, 11) is 0. The zero-order valence-electron chi connectivity index (χ0n) is 22.2. The van der Waals surface area contributed by atoms with Crippen molar-refractivity contribution in [2.24, 2.45) is 0 Å². The highest BCUT2D eigenvalue weighted by molar-refractivity contribution is 5.81. The standard InChI is InChI=1S/C34H40O3/c1-3-26-24-30(17-19-32(26)29-15-13-28(14-16-29)27-10-6-5-7-11-27)33-18-12-25(9-8-21-35)23-31(33)20-22-37-34(36)4-2/h4,12-19,23-24,27,35H,2-3,5-11,20-22H2,1H3. The van der Waals surface area contributed by atoms with Gasteiger partial charge in [0.2, 0.25) is 0 Å². The zero-order valence-corrected chi connectivity index (χ0v) is 22.2. The van der Waals surface area contributed by atoms with Gasteiger partial charge in [-0.25, -0.2) is 4.79 Å². The van der Waals surface area contributed by atoms with Crippen molar-refractivity contribution < 1.29 is 14.6 Å². The topological polar surface area (TPSA) is 46.5 Å². The number of carbonyl (C=O) groups excluding carboxylic acids is 1. The molecule has 0 amide bonds. The minimum absolute atomic E-state index is 0.178. The predicted molar refractivity (Wildman–Crippen MR) is 153 cm³/mol. The van der Waals surface area contributed by atoms with E-state index in [-0.39, 0.29) is 6.61 Å². The maximum atomic E-state index is 11.6.